The van der Waals surface area contributed by atoms with Gasteiger partial charge in [0.25, 0.3) is 5.91 Å². The predicted molar refractivity (Wildman–Crippen MR) is 66.2 cm³/mol. The van der Waals surface area contributed by atoms with Crippen LogP contribution in [0.25, 0.3) is 0 Å². The summed E-state index contributed by atoms with van der Waals surface area (Å²) in [4.78, 5) is 11.5. The first kappa shape index (κ1) is 13.5. The molecule has 0 aliphatic carbocycles. The first-order valence-electron chi connectivity index (χ1n) is 5.59. The summed E-state index contributed by atoms with van der Waals surface area (Å²) in [5.74, 6) is 0.556. The molecule has 0 bridgehead atoms. The first-order valence-corrected chi connectivity index (χ1v) is 5.59. The molecule has 4 nitrogen and oxygen atoms in total. The Morgan fingerprint density at radius 1 is 1.35 bits per heavy atom. The molecule has 0 unspecified atom stereocenters. The molecule has 4 heteroatoms. The molecule has 1 amide bonds. The standard InChI is InChI=1S/C13H19NO3/c1-10-4-6-12(7-5-10)17-9-13(15)14-11(2)8-16-3/h4-7,11H,8-9H2,1-3H3,(H,14,15)/t11-/m0/s1. The monoisotopic (exact) mass is 237 g/mol. The summed E-state index contributed by atoms with van der Waals surface area (Å²) in [5.41, 5.74) is 1.16. The summed E-state index contributed by atoms with van der Waals surface area (Å²) in [6.07, 6.45) is 0. The first-order chi connectivity index (χ1) is 8.11. The summed E-state index contributed by atoms with van der Waals surface area (Å²) in [6.45, 7) is 4.41. The maximum Gasteiger partial charge on any atom is 0.258 e. The lowest BCUT2D eigenvalue weighted by atomic mass is 10.2. The molecule has 1 N–H and O–H groups in total. The van der Waals surface area contributed by atoms with E-state index in [9.17, 15) is 4.79 Å². The number of rotatable bonds is 6. The minimum atomic E-state index is -0.143. The Morgan fingerprint density at radius 3 is 2.59 bits per heavy atom. The van der Waals surface area contributed by atoms with Crippen LogP contribution in [0.4, 0.5) is 0 Å². The van der Waals surface area contributed by atoms with Crippen molar-refractivity contribution in [3.8, 4) is 5.75 Å². The van der Waals surface area contributed by atoms with Gasteiger partial charge in [-0.1, -0.05) is 17.7 Å². The van der Waals surface area contributed by atoms with Gasteiger partial charge in [0.2, 0.25) is 0 Å². The lowest BCUT2D eigenvalue weighted by Crippen LogP contribution is -2.38. The molecule has 0 spiro atoms. The number of carbonyl (C=O) groups excluding carboxylic acids is 1. The molecule has 0 saturated heterocycles. The molecule has 1 aromatic carbocycles. The lowest BCUT2D eigenvalue weighted by molar-refractivity contribution is -0.124. The van der Waals surface area contributed by atoms with Crippen molar-refractivity contribution in [1.29, 1.82) is 0 Å². The van der Waals surface area contributed by atoms with Crippen molar-refractivity contribution in [1.82, 2.24) is 5.32 Å². The van der Waals surface area contributed by atoms with Gasteiger partial charge in [-0.3, -0.25) is 4.79 Å². The molecule has 1 aromatic rings. The van der Waals surface area contributed by atoms with E-state index in [1.165, 1.54) is 0 Å². The van der Waals surface area contributed by atoms with Crippen LogP contribution in [0.1, 0.15) is 12.5 Å². The van der Waals surface area contributed by atoms with E-state index in [-0.39, 0.29) is 18.6 Å². The number of nitrogens with one attached hydrogen (secondary N) is 1. The fourth-order valence-electron chi connectivity index (χ4n) is 1.39. The molecule has 0 saturated carbocycles. The molecule has 94 valence electrons. The van der Waals surface area contributed by atoms with E-state index in [1.54, 1.807) is 7.11 Å². The van der Waals surface area contributed by atoms with E-state index in [4.69, 9.17) is 9.47 Å². The SMILES string of the molecule is COC[C@H](C)NC(=O)COc1ccc(C)cc1. The fourth-order valence-corrected chi connectivity index (χ4v) is 1.39. The second-order valence-electron chi connectivity index (χ2n) is 4.03. The molecule has 0 radical (unpaired) electrons. The normalized spacial score (nSPS) is 11.9. The Morgan fingerprint density at radius 2 is 2.00 bits per heavy atom. The van der Waals surface area contributed by atoms with Crippen LogP contribution in [0.5, 0.6) is 5.75 Å². The Bertz CT molecular complexity index is 348. The van der Waals surface area contributed by atoms with Crippen LogP contribution in [0.3, 0.4) is 0 Å². The molecule has 1 rings (SSSR count). The van der Waals surface area contributed by atoms with Crippen molar-refractivity contribution >= 4 is 5.91 Å². The van der Waals surface area contributed by atoms with Gasteiger partial charge >= 0.3 is 0 Å². The topological polar surface area (TPSA) is 47.6 Å². The fraction of sp³-hybridized carbons (Fsp3) is 0.462. The van der Waals surface area contributed by atoms with Gasteiger partial charge in [0.1, 0.15) is 5.75 Å². The number of carbonyl (C=O) groups is 1. The molecular formula is C13H19NO3. The van der Waals surface area contributed by atoms with Crippen molar-refractivity contribution in [3.63, 3.8) is 0 Å². The zero-order valence-electron chi connectivity index (χ0n) is 10.5. The van der Waals surface area contributed by atoms with Gasteiger partial charge in [-0.25, -0.2) is 0 Å². The highest BCUT2D eigenvalue weighted by Crippen LogP contribution is 2.10. The summed E-state index contributed by atoms with van der Waals surface area (Å²) >= 11 is 0. The molecule has 0 fully saturated rings. The molecule has 0 aliphatic heterocycles. The zero-order valence-corrected chi connectivity index (χ0v) is 10.5. The summed E-state index contributed by atoms with van der Waals surface area (Å²) in [7, 11) is 1.60. The molecule has 0 heterocycles. The van der Waals surface area contributed by atoms with E-state index in [0.717, 1.165) is 5.56 Å². The van der Waals surface area contributed by atoms with Gasteiger partial charge in [-0.05, 0) is 26.0 Å². The average molecular weight is 237 g/mol. The second kappa shape index (κ2) is 6.91. The van der Waals surface area contributed by atoms with Gasteiger partial charge in [0, 0.05) is 13.2 Å². The van der Waals surface area contributed by atoms with Crippen LogP contribution in [-0.2, 0) is 9.53 Å². The van der Waals surface area contributed by atoms with Crippen molar-refractivity contribution < 1.29 is 14.3 Å². The summed E-state index contributed by atoms with van der Waals surface area (Å²) < 4.78 is 10.3. The van der Waals surface area contributed by atoms with Crippen molar-refractivity contribution in [3.05, 3.63) is 29.8 Å². The van der Waals surface area contributed by atoms with Gasteiger partial charge in [-0.2, -0.15) is 0 Å². The van der Waals surface area contributed by atoms with E-state index < -0.39 is 0 Å². The zero-order chi connectivity index (χ0) is 12.7. The number of hydrogen-bond donors (Lipinski definition) is 1. The summed E-state index contributed by atoms with van der Waals surface area (Å²) in [6, 6.07) is 7.58. The highest BCUT2D eigenvalue weighted by molar-refractivity contribution is 5.77. The number of benzene rings is 1. The van der Waals surface area contributed by atoms with Gasteiger partial charge < -0.3 is 14.8 Å². The van der Waals surface area contributed by atoms with Crippen LogP contribution < -0.4 is 10.1 Å². The highest BCUT2D eigenvalue weighted by atomic mass is 16.5. The Balaban J connectivity index is 2.30. The summed E-state index contributed by atoms with van der Waals surface area (Å²) in [5, 5.41) is 2.77. The third-order valence-electron chi connectivity index (χ3n) is 2.21. The minimum absolute atomic E-state index is 0.00545. The van der Waals surface area contributed by atoms with Crippen LogP contribution in [0.15, 0.2) is 24.3 Å². The van der Waals surface area contributed by atoms with Crippen LogP contribution in [0.2, 0.25) is 0 Å². The van der Waals surface area contributed by atoms with Crippen LogP contribution in [-0.4, -0.2) is 32.3 Å². The number of aryl methyl sites for hydroxylation is 1. The number of hydrogen-bond acceptors (Lipinski definition) is 3. The Labute approximate surface area is 102 Å². The minimum Gasteiger partial charge on any atom is -0.484 e. The van der Waals surface area contributed by atoms with E-state index in [0.29, 0.717) is 12.4 Å². The smallest absolute Gasteiger partial charge is 0.258 e. The quantitative estimate of drug-likeness (QED) is 0.816. The molecule has 0 aliphatic rings. The van der Waals surface area contributed by atoms with E-state index in [1.807, 2.05) is 38.1 Å². The van der Waals surface area contributed by atoms with Gasteiger partial charge in [0.15, 0.2) is 6.61 Å². The third-order valence-corrected chi connectivity index (χ3v) is 2.21. The number of amides is 1. The average Bonchev–Trinajstić information content (AvgIpc) is 2.28. The molecule has 17 heavy (non-hydrogen) atoms. The lowest BCUT2D eigenvalue weighted by Gasteiger charge is -2.13. The Kier molecular flexibility index (Phi) is 5.49. The number of ether oxygens (including phenoxy) is 2. The Hall–Kier alpha value is -1.55. The molecule has 0 aromatic heterocycles. The van der Waals surface area contributed by atoms with Crippen LogP contribution in [0, 0.1) is 6.92 Å². The van der Waals surface area contributed by atoms with Crippen molar-refractivity contribution in [2.75, 3.05) is 20.3 Å². The molecular weight excluding hydrogens is 218 g/mol. The highest BCUT2D eigenvalue weighted by Gasteiger charge is 2.07. The largest absolute Gasteiger partial charge is 0.484 e. The van der Waals surface area contributed by atoms with Gasteiger partial charge in [0.05, 0.1) is 6.61 Å². The van der Waals surface area contributed by atoms with E-state index in [2.05, 4.69) is 5.32 Å². The van der Waals surface area contributed by atoms with Crippen molar-refractivity contribution in [2.24, 2.45) is 0 Å². The third kappa shape index (κ3) is 5.36. The maximum atomic E-state index is 11.5. The van der Waals surface area contributed by atoms with E-state index >= 15 is 0 Å². The number of methoxy groups -OCH3 is 1. The molecule has 1 atom stereocenters. The van der Waals surface area contributed by atoms with Gasteiger partial charge in [-0.15, -0.1) is 0 Å². The predicted octanol–water partition coefficient (Wildman–Crippen LogP) is 1.52. The van der Waals surface area contributed by atoms with Crippen molar-refractivity contribution in [2.45, 2.75) is 19.9 Å². The second-order valence-corrected chi connectivity index (χ2v) is 4.03. The maximum absolute atomic E-state index is 11.5. The van der Waals surface area contributed by atoms with Crippen LogP contribution >= 0.6 is 0 Å².